The molecule has 1 fully saturated rings. The Labute approximate surface area is 237 Å². The standard InChI is InChI=1S/C31H32N6O4/c1-41-35-30(40)27-19-37(24-10-7-21-3-2-4-22(21)17-24)29-26(28(27)39)18-32-31(34-29)33-23-8-5-20(6-9-23)11-14-36-15-12-25(38)13-16-36/h5-10,17-19H,2-4,11-16H2,1H3,(H,35,40)(H,32,33,34). The molecule has 0 spiro atoms. The first-order chi connectivity index (χ1) is 20.0. The maximum atomic E-state index is 13.3. The van der Waals surface area contributed by atoms with Crippen LogP contribution in [0.4, 0.5) is 11.6 Å². The lowest BCUT2D eigenvalue weighted by Crippen LogP contribution is -2.35. The van der Waals surface area contributed by atoms with Gasteiger partial charge in [0, 0.05) is 56.2 Å². The van der Waals surface area contributed by atoms with Gasteiger partial charge in [0.05, 0.1) is 12.5 Å². The maximum Gasteiger partial charge on any atom is 0.280 e. The largest absolute Gasteiger partial charge is 0.324 e. The average molecular weight is 553 g/mol. The van der Waals surface area contributed by atoms with Crippen LogP contribution >= 0.6 is 0 Å². The number of aromatic nitrogens is 3. The Kier molecular flexibility index (Phi) is 7.58. The number of likely N-dealkylation sites (tertiary alicyclic amines) is 1. The van der Waals surface area contributed by atoms with Gasteiger partial charge >= 0.3 is 0 Å². The molecule has 0 bridgehead atoms. The monoisotopic (exact) mass is 552 g/mol. The molecule has 3 heterocycles. The smallest absolute Gasteiger partial charge is 0.280 e. The van der Waals surface area contributed by atoms with E-state index in [0.29, 0.717) is 30.2 Å². The second kappa shape index (κ2) is 11.6. The lowest BCUT2D eigenvalue weighted by Gasteiger charge is -2.25. The molecule has 2 aliphatic rings. The summed E-state index contributed by atoms with van der Waals surface area (Å²) in [6, 6.07) is 14.3. The second-order valence-corrected chi connectivity index (χ2v) is 10.6. The third-order valence-corrected chi connectivity index (χ3v) is 7.88. The van der Waals surface area contributed by atoms with Crippen LogP contribution in [0, 0.1) is 0 Å². The van der Waals surface area contributed by atoms with Crippen LogP contribution < -0.4 is 16.2 Å². The number of Topliss-reactive ketones (excluding diaryl/α,β-unsaturated/α-hetero) is 1. The third-order valence-electron chi connectivity index (χ3n) is 7.88. The fourth-order valence-electron chi connectivity index (χ4n) is 5.58. The van der Waals surface area contributed by atoms with Crippen molar-refractivity contribution in [3.8, 4) is 5.69 Å². The van der Waals surface area contributed by atoms with Gasteiger partial charge in [-0.1, -0.05) is 18.2 Å². The zero-order valence-electron chi connectivity index (χ0n) is 23.0. The van der Waals surface area contributed by atoms with Crippen LogP contribution in [0.3, 0.4) is 0 Å². The Balaban J connectivity index is 1.28. The molecule has 210 valence electrons. The predicted molar refractivity (Wildman–Crippen MR) is 156 cm³/mol. The first-order valence-corrected chi connectivity index (χ1v) is 14.0. The number of anilines is 2. The van der Waals surface area contributed by atoms with Crippen LogP contribution in [0.5, 0.6) is 0 Å². The molecule has 1 amide bonds. The van der Waals surface area contributed by atoms with Gasteiger partial charge in [0.2, 0.25) is 11.4 Å². The van der Waals surface area contributed by atoms with Gasteiger partial charge < -0.3 is 14.8 Å². The van der Waals surface area contributed by atoms with E-state index in [4.69, 9.17) is 9.82 Å². The van der Waals surface area contributed by atoms with E-state index in [9.17, 15) is 14.4 Å². The number of fused-ring (bicyclic) bond motifs is 2. The number of amides is 1. The molecule has 41 heavy (non-hydrogen) atoms. The van der Waals surface area contributed by atoms with Gasteiger partial charge in [-0.15, -0.1) is 0 Å². The number of nitrogens with one attached hydrogen (secondary N) is 2. The fourth-order valence-corrected chi connectivity index (χ4v) is 5.58. The van der Waals surface area contributed by atoms with Crippen molar-refractivity contribution in [3.63, 3.8) is 0 Å². The summed E-state index contributed by atoms with van der Waals surface area (Å²) in [5.41, 5.74) is 7.54. The first kappa shape index (κ1) is 26.8. The summed E-state index contributed by atoms with van der Waals surface area (Å²) in [4.78, 5) is 53.6. The molecule has 0 unspecified atom stereocenters. The molecule has 10 heteroatoms. The van der Waals surface area contributed by atoms with Crippen molar-refractivity contribution in [2.75, 3.05) is 32.1 Å². The zero-order valence-corrected chi connectivity index (χ0v) is 23.0. The number of hydrogen-bond acceptors (Lipinski definition) is 8. The number of ketones is 1. The quantitative estimate of drug-likeness (QED) is 0.319. The van der Waals surface area contributed by atoms with Crippen molar-refractivity contribution in [2.45, 2.75) is 38.5 Å². The Hall–Kier alpha value is -4.41. The zero-order chi connectivity index (χ0) is 28.3. The van der Waals surface area contributed by atoms with Crippen LogP contribution in [-0.2, 0) is 28.9 Å². The molecular formula is C31H32N6O4. The summed E-state index contributed by atoms with van der Waals surface area (Å²) in [5.74, 6) is 0.0610. The Morgan fingerprint density at radius 2 is 1.78 bits per heavy atom. The Morgan fingerprint density at radius 3 is 2.56 bits per heavy atom. The highest BCUT2D eigenvalue weighted by molar-refractivity contribution is 5.96. The van der Waals surface area contributed by atoms with E-state index in [2.05, 4.69) is 44.9 Å². The summed E-state index contributed by atoms with van der Waals surface area (Å²) in [5, 5.41) is 3.48. The van der Waals surface area contributed by atoms with Crippen LogP contribution in [0.25, 0.3) is 16.7 Å². The van der Waals surface area contributed by atoms with Gasteiger partial charge in [0.25, 0.3) is 5.91 Å². The van der Waals surface area contributed by atoms with Crippen molar-refractivity contribution in [1.29, 1.82) is 0 Å². The van der Waals surface area contributed by atoms with E-state index in [1.165, 1.54) is 36.2 Å². The van der Waals surface area contributed by atoms with E-state index in [0.717, 1.165) is 56.7 Å². The van der Waals surface area contributed by atoms with E-state index >= 15 is 0 Å². The molecule has 4 aromatic rings. The molecule has 10 nitrogen and oxygen atoms in total. The highest BCUT2D eigenvalue weighted by Crippen LogP contribution is 2.26. The average Bonchev–Trinajstić information content (AvgIpc) is 3.46. The van der Waals surface area contributed by atoms with Crippen molar-refractivity contribution in [1.82, 2.24) is 24.9 Å². The molecule has 1 aliphatic heterocycles. The van der Waals surface area contributed by atoms with E-state index in [1.807, 2.05) is 18.2 Å². The van der Waals surface area contributed by atoms with Crippen LogP contribution in [0.2, 0.25) is 0 Å². The van der Waals surface area contributed by atoms with Crippen LogP contribution in [0.15, 0.2) is 59.7 Å². The van der Waals surface area contributed by atoms with Gasteiger partial charge in [-0.2, -0.15) is 4.98 Å². The van der Waals surface area contributed by atoms with Crippen LogP contribution in [0.1, 0.15) is 46.3 Å². The lowest BCUT2D eigenvalue weighted by atomic mass is 10.1. The molecule has 2 aromatic carbocycles. The Morgan fingerprint density at radius 1 is 1.00 bits per heavy atom. The molecule has 1 saturated heterocycles. The van der Waals surface area contributed by atoms with Crippen molar-refractivity contribution < 1.29 is 14.4 Å². The Bertz CT molecular complexity index is 1670. The van der Waals surface area contributed by atoms with Crippen molar-refractivity contribution >= 4 is 34.4 Å². The summed E-state index contributed by atoms with van der Waals surface area (Å²) in [6.45, 7) is 2.61. The third kappa shape index (κ3) is 5.75. The van der Waals surface area contributed by atoms with Gasteiger partial charge in [0.1, 0.15) is 11.3 Å². The predicted octanol–water partition coefficient (Wildman–Crippen LogP) is 3.51. The first-order valence-electron chi connectivity index (χ1n) is 14.0. The second-order valence-electron chi connectivity index (χ2n) is 10.6. The van der Waals surface area contributed by atoms with Gasteiger partial charge in [0.15, 0.2) is 5.65 Å². The van der Waals surface area contributed by atoms with E-state index in [1.54, 1.807) is 4.57 Å². The lowest BCUT2D eigenvalue weighted by molar-refractivity contribution is -0.121. The summed E-state index contributed by atoms with van der Waals surface area (Å²) in [6.07, 6.45) is 8.33. The van der Waals surface area contributed by atoms with E-state index in [-0.39, 0.29) is 10.9 Å². The maximum absolute atomic E-state index is 13.3. The molecule has 6 rings (SSSR count). The number of carbonyl (C=O) groups excluding carboxylic acids is 2. The summed E-state index contributed by atoms with van der Waals surface area (Å²) >= 11 is 0. The van der Waals surface area contributed by atoms with Gasteiger partial charge in [-0.05, 0) is 66.6 Å². The molecule has 2 aromatic heterocycles. The van der Waals surface area contributed by atoms with Crippen molar-refractivity contribution in [2.24, 2.45) is 0 Å². The topological polar surface area (TPSA) is 118 Å². The van der Waals surface area contributed by atoms with Gasteiger partial charge in [-0.3, -0.25) is 19.2 Å². The number of pyridine rings is 1. The number of piperidine rings is 1. The fraction of sp³-hybridized carbons (Fsp3) is 0.323. The minimum Gasteiger partial charge on any atom is -0.324 e. The minimum atomic E-state index is -0.634. The molecule has 1 aliphatic carbocycles. The number of nitrogens with zero attached hydrogens (tertiary/aromatic N) is 4. The van der Waals surface area contributed by atoms with Gasteiger partial charge in [-0.25, -0.2) is 10.5 Å². The molecular weight excluding hydrogens is 520 g/mol. The number of benzene rings is 2. The normalized spacial score (nSPS) is 15.2. The number of hydrogen-bond donors (Lipinski definition) is 2. The number of aryl methyl sites for hydroxylation is 2. The number of rotatable bonds is 8. The molecule has 0 atom stereocenters. The molecule has 0 radical (unpaired) electrons. The minimum absolute atomic E-state index is 0.0594. The highest BCUT2D eigenvalue weighted by atomic mass is 16.6. The number of carbonyl (C=O) groups is 2. The SMILES string of the molecule is CONC(=O)c1cn(-c2ccc3c(c2)CCC3)c2nc(Nc3ccc(CCN4CCC(=O)CC4)cc3)ncc2c1=O. The van der Waals surface area contributed by atoms with Crippen LogP contribution in [-0.4, -0.2) is 57.9 Å². The molecule has 0 saturated carbocycles. The van der Waals surface area contributed by atoms with E-state index < -0.39 is 11.3 Å². The number of hydroxylamine groups is 1. The molecule has 2 N–H and O–H groups in total. The van der Waals surface area contributed by atoms with Crippen molar-refractivity contribution in [3.05, 3.63) is 87.3 Å². The highest BCUT2D eigenvalue weighted by Gasteiger charge is 2.20. The summed E-state index contributed by atoms with van der Waals surface area (Å²) < 4.78 is 1.77. The summed E-state index contributed by atoms with van der Waals surface area (Å²) in [7, 11) is 1.32.